The van der Waals surface area contributed by atoms with Crippen LogP contribution in [0.2, 0.25) is 0 Å². The van der Waals surface area contributed by atoms with E-state index in [9.17, 15) is 4.79 Å². The molecule has 5 nitrogen and oxygen atoms in total. The first-order valence-corrected chi connectivity index (χ1v) is 6.18. The summed E-state index contributed by atoms with van der Waals surface area (Å²) in [7, 11) is 1.79. The normalized spacial score (nSPS) is 12.5. The van der Waals surface area contributed by atoms with E-state index in [2.05, 4.69) is 21.7 Å². The van der Waals surface area contributed by atoms with Gasteiger partial charge in [-0.25, -0.2) is 0 Å². The molecule has 0 saturated carbocycles. The van der Waals surface area contributed by atoms with Gasteiger partial charge >= 0.3 is 0 Å². The molecule has 1 N–H and O–H groups in total. The predicted octanol–water partition coefficient (Wildman–Crippen LogP) is 1.02. The molecule has 0 bridgehead atoms. The van der Waals surface area contributed by atoms with Crippen molar-refractivity contribution in [3.05, 3.63) is 11.9 Å². The van der Waals surface area contributed by atoms with Crippen molar-refractivity contribution in [1.82, 2.24) is 20.3 Å². The van der Waals surface area contributed by atoms with E-state index in [1.54, 1.807) is 23.7 Å². The molecule has 1 heterocycles. The van der Waals surface area contributed by atoms with E-state index in [-0.39, 0.29) is 11.9 Å². The molecule has 0 aromatic carbocycles. The van der Waals surface area contributed by atoms with Crippen molar-refractivity contribution in [2.75, 3.05) is 19.1 Å². The fourth-order valence-electron chi connectivity index (χ4n) is 1.17. The third-order valence-electron chi connectivity index (χ3n) is 2.36. The summed E-state index contributed by atoms with van der Waals surface area (Å²) in [5.41, 5.74) is 0.369. The number of hydrogen-bond acceptors (Lipinski definition) is 4. The first kappa shape index (κ1) is 12.0. The number of H-pyrrole nitrogens is 1. The molecular weight excluding hydrogens is 212 g/mol. The van der Waals surface area contributed by atoms with Crippen LogP contribution in [-0.4, -0.2) is 51.3 Å². The van der Waals surface area contributed by atoms with Crippen LogP contribution in [0.25, 0.3) is 0 Å². The van der Waals surface area contributed by atoms with Crippen molar-refractivity contribution in [2.24, 2.45) is 0 Å². The number of hydrogen-bond donors (Lipinski definition) is 1. The summed E-state index contributed by atoms with van der Waals surface area (Å²) < 4.78 is 0. The second-order valence-corrected chi connectivity index (χ2v) is 4.39. The van der Waals surface area contributed by atoms with E-state index in [0.29, 0.717) is 5.69 Å². The number of amides is 1. The molecule has 0 aliphatic rings. The van der Waals surface area contributed by atoms with Gasteiger partial charge in [-0.15, -0.1) is 0 Å². The first-order valence-electron chi connectivity index (χ1n) is 4.78. The van der Waals surface area contributed by atoms with Gasteiger partial charge in [0, 0.05) is 13.1 Å². The molecule has 1 aromatic rings. The lowest BCUT2D eigenvalue weighted by Gasteiger charge is -2.23. The highest BCUT2D eigenvalue weighted by Gasteiger charge is 2.18. The minimum atomic E-state index is -0.0858. The Balaban J connectivity index is 2.52. The minimum Gasteiger partial charge on any atom is -0.338 e. The highest BCUT2D eigenvalue weighted by molar-refractivity contribution is 7.98. The number of nitrogens with one attached hydrogen (secondary N) is 1. The minimum absolute atomic E-state index is 0.0858. The van der Waals surface area contributed by atoms with Crippen LogP contribution in [0.5, 0.6) is 0 Å². The highest BCUT2D eigenvalue weighted by atomic mass is 32.2. The second-order valence-electron chi connectivity index (χ2n) is 3.40. The summed E-state index contributed by atoms with van der Waals surface area (Å²) in [6.07, 6.45) is 4.49. The van der Waals surface area contributed by atoms with E-state index in [1.165, 1.54) is 6.20 Å². The topological polar surface area (TPSA) is 61.9 Å². The molecule has 0 fully saturated rings. The number of carbonyl (C=O) groups is 1. The maximum Gasteiger partial charge on any atom is 0.276 e. The number of nitrogens with zero attached hydrogens (tertiary/aromatic N) is 3. The summed E-state index contributed by atoms with van der Waals surface area (Å²) in [4.78, 5) is 13.5. The lowest BCUT2D eigenvalue weighted by molar-refractivity contribution is 0.0735. The third-order valence-corrected chi connectivity index (χ3v) is 3.00. The maximum atomic E-state index is 11.8. The van der Waals surface area contributed by atoms with E-state index in [4.69, 9.17) is 0 Å². The van der Waals surface area contributed by atoms with E-state index in [0.717, 1.165) is 12.2 Å². The monoisotopic (exact) mass is 228 g/mol. The summed E-state index contributed by atoms with van der Waals surface area (Å²) in [5, 5.41) is 9.82. The lowest BCUT2D eigenvalue weighted by Crippen LogP contribution is -2.35. The summed E-state index contributed by atoms with van der Waals surface area (Å²) in [6, 6.07) is 0.224. The Bertz CT molecular complexity index is 301. The van der Waals surface area contributed by atoms with Crippen molar-refractivity contribution < 1.29 is 4.79 Å². The molecule has 1 unspecified atom stereocenters. The first-order chi connectivity index (χ1) is 7.16. The molecule has 6 heteroatoms. The Morgan fingerprint density at radius 3 is 3.00 bits per heavy atom. The van der Waals surface area contributed by atoms with Crippen LogP contribution in [0.1, 0.15) is 23.8 Å². The summed E-state index contributed by atoms with van der Waals surface area (Å²) >= 11 is 1.78. The average Bonchev–Trinajstić information content (AvgIpc) is 2.77. The maximum absolute atomic E-state index is 11.8. The van der Waals surface area contributed by atoms with Crippen molar-refractivity contribution in [3.8, 4) is 0 Å². The van der Waals surface area contributed by atoms with Crippen molar-refractivity contribution >= 4 is 17.7 Å². The van der Waals surface area contributed by atoms with Gasteiger partial charge in [0.15, 0.2) is 5.69 Å². The van der Waals surface area contributed by atoms with Crippen LogP contribution >= 0.6 is 11.8 Å². The average molecular weight is 228 g/mol. The van der Waals surface area contributed by atoms with Gasteiger partial charge < -0.3 is 4.90 Å². The van der Waals surface area contributed by atoms with Crippen LogP contribution in [0, 0.1) is 0 Å². The standard InChI is InChI=1S/C9H16N4OS/c1-7(4-5-15-3)13(2)9(14)8-6-10-12-11-8/h6-7H,4-5H2,1-3H3,(H,10,11,12). The molecule has 1 aromatic heterocycles. The van der Waals surface area contributed by atoms with Crippen LogP contribution in [0.4, 0.5) is 0 Å². The zero-order chi connectivity index (χ0) is 11.3. The van der Waals surface area contributed by atoms with Crippen molar-refractivity contribution in [2.45, 2.75) is 19.4 Å². The summed E-state index contributed by atoms with van der Waals surface area (Å²) in [5.74, 6) is 0.967. The van der Waals surface area contributed by atoms with Crippen molar-refractivity contribution in [3.63, 3.8) is 0 Å². The van der Waals surface area contributed by atoms with Gasteiger partial charge in [-0.1, -0.05) is 0 Å². The Hall–Kier alpha value is -1.04. The van der Waals surface area contributed by atoms with E-state index >= 15 is 0 Å². The van der Waals surface area contributed by atoms with Crippen LogP contribution in [0.3, 0.4) is 0 Å². The molecular formula is C9H16N4OS. The predicted molar refractivity (Wildman–Crippen MR) is 60.9 cm³/mol. The number of aromatic nitrogens is 3. The third kappa shape index (κ3) is 3.23. The van der Waals surface area contributed by atoms with Gasteiger partial charge in [0.1, 0.15) is 0 Å². The second kappa shape index (κ2) is 5.75. The van der Waals surface area contributed by atoms with Gasteiger partial charge in [0.05, 0.1) is 6.20 Å². The molecule has 0 saturated heterocycles. The fourth-order valence-corrected chi connectivity index (χ4v) is 1.74. The van der Waals surface area contributed by atoms with Gasteiger partial charge in [0.25, 0.3) is 5.91 Å². The molecule has 0 radical (unpaired) electrons. The number of thioether (sulfide) groups is 1. The quantitative estimate of drug-likeness (QED) is 0.817. The van der Waals surface area contributed by atoms with Crippen LogP contribution in [0.15, 0.2) is 6.20 Å². The fraction of sp³-hybridized carbons (Fsp3) is 0.667. The highest BCUT2D eigenvalue weighted by Crippen LogP contribution is 2.08. The van der Waals surface area contributed by atoms with Gasteiger partial charge in [-0.3, -0.25) is 4.79 Å². The lowest BCUT2D eigenvalue weighted by atomic mass is 10.2. The zero-order valence-electron chi connectivity index (χ0n) is 9.23. The van der Waals surface area contributed by atoms with Crippen LogP contribution in [-0.2, 0) is 0 Å². The molecule has 84 valence electrons. The molecule has 1 rings (SSSR count). The summed E-state index contributed by atoms with van der Waals surface area (Å²) in [6.45, 7) is 2.04. The molecule has 0 aliphatic heterocycles. The molecule has 1 amide bonds. The SMILES string of the molecule is CSCCC(C)N(C)C(=O)c1cn[nH]n1. The molecule has 0 aliphatic carbocycles. The Morgan fingerprint density at radius 2 is 2.47 bits per heavy atom. The smallest absolute Gasteiger partial charge is 0.276 e. The van der Waals surface area contributed by atoms with Crippen molar-refractivity contribution in [1.29, 1.82) is 0 Å². The number of rotatable bonds is 5. The molecule has 1 atom stereocenters. The number of carbonyl (C=O) groups excluding carboxylic acids is 1. The van der Waals surface area contributed by atoms with Crippen LogP contribution < -0.4 is 0 Å². The zero-order valence-corrected chi connectivity index (χ0v) is 10.0. The van der Waals surface area contributed by atoms with E-state index in [1.807, 2.05) is 6.92 Å². The Kier molecular flexibility index (Phi) is 4.61. The largest absolute Gasteiger partial charge is 0.338 e. The van der Waals surface area contributed by atoms with Gasteiger partial charge in [-0.2, -0.15) is 27.2 Å². The molecule has 0 spiro atoms. The van der Waals surface area contributed by atoms with Gasteiger partial charge in [-0.05, 0) is 25.4 Å². The Morgan fingerprint density at radius 1 is 1.73 bits per heavy atom. The Labute approximate surface area is 93.6 Å². The van der Waals surface area contributed by atoms with Gasteiger partial charge in [0.2, 0.25) is 0 Å². The van der Waals surface area contributed by atoms with E-state index < -0.39 is 0 Å². The number of aromatic amines is 1. The molecule has 15 heavy (non-hydrogen) atoms.